The minimum atomic E-state index is -0.817. The summed E-state index contributed by atoms with van der Waals surface area (Å²) in [6, 6.07) is 0. The molecule has 0 bridgehead atoms. The summed E-state index contributed by atoms with van der Waals surface area (Å²) in [5, 5.41) is 11.2. The van der Waals surface area contributed by atoms with Crippen molar-refractivity contribution in [3.63, 3.8) is 0 Å². The molecule has 4 heteroatoms. The molecule has 0 aliphatic carbocycles. The summed E-state index contributed by atoms with van der Waals surface area (Å²) >= 11 is 0. The third-order valence-electron chi connectivity index (χ3n) is 5.60. The van der Waals surface area contributed by atoms with Crippen LogP contribution >= 0.6 is 0 Å². The van der Waals surface area contributed by atoms with Crippen LogP contribution in [-0.4, -0.2) is 63.5 Å². The maximum atomic E-state index is 12.4. The second-order valence-electron chi connectivity index (χ2n) is 9.15. The van der Waals surface area contributed by atoms with Crippen LogP contribution in [0.15, 0.2) is 0 Å². The molecule has 2 aliphatic heterocycles. The van der Waals surface area contributed by atoms with E-state index in [4.69, 9.17) is 0 Å². The standard InChI is InChI=1S/C18H34N2O2/c1-16(2,3)19-11-8-18(22,9-12-19)14-13-20(17(4,5)6)10-7-15(14)21/h14,22H,7-13H2,1-6H3. The van der Waals surface area contributed by atoms with Crippen LogP contribution < -0.4 is 0 Å². The Morgan fingerprint density at radius 1 is 0.955 bits per heavy atom. The Labute approximate surface area is 135 Å². The van der Waals surface area contributed by atoms with E-state index in [1.54, 1.807) is 0 Å². The molecule has 0 spiro atoms. The van der Waals surface area contributed by atoms with Crippen LogP contribution in [0.5, 0.6) is 0 Å². The first-order valence-corrected chi connectivity index (χ1v) is 8.69. The predicted molar refractivity (Wildman–Crippen MR) is 89.9 cm³/mol. The van der Waals surface area contributed by atoms with Crippen LogP contribution in [0, 0.1) is 5.92 Å². The highest BCUT2D eigenvalue weighted by atomic mass is 16.3. The topological polar surface area (TPSA) is 43.8 Å². The second-order valence-corrected chi connectivity index (χ2v) is 9.15. The molecule has 4 nitrogen and oxygen atoms in total. The average molecular weight is 310 g/mol. The molecule has 2 fully saturated rings. The van der Waals surface area contributed by atoms with Crippen LogP contribution in [0.4, 0.5) is 0 Å². The lowest BCUT2D eigenvalue weighted by Gasteiger charge is -2.50. The summed E-state index contributed by atoms with van der Waals surface area (Å²) in [5.41, 5.74) is -0.625. The zero-order valence-electron chi connectivity index (χ0n) is 15.3. The number of carbonyl (C=O) groups excluding carboxylic acids is 1. The Bertz CT molecular complexity index is 412. The van der Waals surface area contributed by atoms with Gasteiger partial charge in [-0.2, -0.15) is 0 Å². The van der Waals surface area contributed by atoms with Crippen molar-refractivity contribution in [3.8, 4) is 0 Å². The summed E-state index contributed by atoms with van der Waals surface area (Å²) in [6.45, 7) is 16.5. The van der Waals surface area contributed by atoms with Crippen LogP contribution in [0.3, 0.4) is 0 Å². The molecule has 2 heterocycles. The minimum absolute atomic E-state index is 0.0570. The summed E-state index contributed by atoms with van der Waals surface area (Å²) in [6.07, 6.45) is 1.99. The predicted octanol–water partition coefficient (Wildman–Crippen LogP) is 2.30. The van der Waals surface area contributed by atoms with E-state index >= 15 is 0 Å². The van der Waals surface area contributed by atoms with E-state index in [9.17, 15) is 9.90 Å². The van der Waals surface area contributed by atoms with Gasteiger partial charge in [-0.1, -0.05) is 0 Å². The monoisotopic (exact) mass is 310 g/mol. The Morgan fingerprint density at radius 2 is 1.45 bits per heavy atom. The molecule has 2 aliphatic rings. The number of aliphatic hydroxyl groups is 1. The third kappa shape index (κ3) is 3.72. The van der Waals surface area contributed by atoms with Gasteiger partial charge in [-0.05, 0) is 54.4 Å². The van der Waals surface area contributed by atoms with E-state index in [1.807, 2.05) is 0 Å². The van der Waals surface area contributed by atoms with Gasteiger partial charge in [0.15, 0.2) is 0 Å². The van der Waals surface area contributed by atoms with Crippen molar-refractivity contribution in [2.75, 3.05) is 26.2 Å². The van der Waals surface area contributed by atoms with E-state index in [1.165, 1.54) is 0 Å². The van der Waals surface area contributed by atoms with Gasteiger partial charge in [-0.15, -0.1) is 0 Å². The fraction of sp³-hybridized carbons (Fsp3) is 0.944. The first-order valence-electron chi connectivity index (χ1n) is 8.69. The molecule has 1 atom stereocenters. The Morgan fingerprint density at radius 3 is 1.91 bits per heavy atom. The lowest BCUT2D eigenvalue weighted by atomic mass is 9.73. The number of ketones is 1. The molecule has 1 unspecified atom stereocenters. The maximum Gasteiger partial charge on any atom is 0.141 e. The van der Waals surface area contributed by atoms with Gasteiger partial charge >= 0.3 is 0 Å². The number of likely N-dealkylation sites (tertiary alicyclic amines) is 2. The first-order chi connectivity index (χ1) is 9.93. The summed E-state index contributed by atoms with van der Waals surface area (Å²) < 4.78 is 0. The van der Waals surface area contributed by atoms with Crippen molar-refractivity contribution in [3.05, 3.63) is 0 Å². The number of hydrogen-bond donors (Lipinski definition) is 1. The lowest BCUT2D eigenvalue weighted by molar-refractivity contribution is -0.147. The largest absolute Gasteiger partial charge is 0.389 e. The average Bonchev–Trinajstić information content (AvgIpc) is 2.37. The Hall–Kier alpha value is -0.450. The molecule has 2 rings (SSSR count). The molecule has 0 saturated carbocycles. The van der Waals surface area contributed by atoms with Gasteiger partial charge < -0.3 is 5.11 Å². The lowest BCUT2D eigenvalue weighted by Crippen LogP contribution is -2.60. The molecule has 1 N–H and O–H groups in total. The van der Waals surface area contributed by atoms with Crippen LogP contribution in [0.25, 0.3) is 0 Å². The van der Waals surface area contributed by atoms with Crippen molar-refractivity contribution in [2.24, 2.45) is 5.92 Å². The number of nitrogens with zero attached hydrogens (tertiary/aromatic N) is 2. The van der Waals surface area contributed by atoms with Gasteiger partial charge in [-0.25, -0.2) is 0 Å². The molecule has 0 aromatic heterocycles. The normalized spacial score (nSPS) is 28.9. The van der Waals surface area contributed by atoms with E-state index in [0.29, 0.717) is 25.8 Å². The molecule has 2 saturated heterocycles. The van der Waals surface area contributed by atoms with Crippen molar-refractivity contribution in [2.45, 2.75) is 77.5 Å². The molecular weight excluding hydrogens is 276 g/mol. The molecule has 0 amide bonds. The van der Waals surface area contributed by atoms with Gasteiger partial charge in [0.1, 0.15) is 5.78 Å². The number of hydrogen-bond acceptors (Lipinski definition) is 4. The summed E-state index contributed by atoms with van der Waals surface area (Å²) in [4.78, 5) is 17.2. The second kappa shape index (κ2) is 5.88. The molecular formula is C18H34N2O2. The number of piperidine rings is 2. The number of carbonyl (C=O) groups is 1. The zero-order chi connectivity index (χ0) is 16.8. The fourth-order valence-electron chi connectivity index (χ4n) is 3.82. The Kier molecular flexibility index (Phi) is 4.78. The van der Waals surface area contributed by atoms with Gasteiger partial charge in [0.25, 0.3) is 0 Å². The summed E-state index contributed by atoms with van der Waals surface area (Å²) in [7, 11) is 0. The van der Waals surface area contributed by atoms with Crippen LogP contribution in [0.1, 0.15) is 60.8 Å². The highest BCUT2D eigenvalue weighted by Gasteiger charge is 2.47. The third-order valence-corrected chi connectivity index (χ3v) is 5.60. The van der Waals surface area contributed by atoms with Gasteiger partial charge in [0, 0.05) is 43.7 Å². The van der Waals surface area contributed by atoms with E-state index in [0.717, 1.165) is 19.6 Å². The van der Waals surface area contributed by atoms with Crippen LogP contribution in [0.2, 0.25) is 0 Å². The summed E-state index contributed by atoms with van der Waals surface area (Å²) in [5.74, 6) is 0.0369. The van der Waals surface area contributed by atoms with Crippen molar-refractivity contribution in [1.29, 1.82) is 0 Å². The van der Waals surface area contributed by atoms with E-state index in [2.05, 4.69) is 51.3 Å². The smallest absolute Gasteiger partial charge is 0.141 e. The van der Waals surface area contributed by atoms with Gasteiger partial charge in [0.2, 0.25) is 0 Å². The highest BCUT2D eigenvalue weighted by molar-refractivity contribution is 5.83. The van der Waals surface area contributed by atoms with Crippen LogP contribution in [-0.2, 0) is 4.79 Å². The van der Waals surface area contributed by atoms with Crippen molar-refractivity contribution >= 4 is 5.78 Å². The van der Waals surface area contributed by atoms with E-state index in [-0.39, 0.29) is 22.8 Å². The zero-order valence-corrected chi connectivity index (χ0v) is 15.3. The first kappa shape index (κ1) is 17.9. The van der Waals surface area contributed by atoms with Gasteiger partial charge in [-0.3, -0.25) is 14.6 Å². The number of Topliss-reactive ketones (excluding diaryl/α,β-unsaturated/α-hetero) is 1. The molecule has 0 aromatic rings. The van der Waals surface area contributed by atoms with E-state index < -0.39 is 5.60 Å². The van der Waals surface area contributed by atoms with Gasteiger partial charge in [0.05, 0.1) is 11.5 Å². The maximum absolute atomic E-state index is 12.4. The molecule has 128 valence electrons. The molecule has 0 aromatic carbocycles. The fourth-order valence-corrected chi connectivity index (χ4v) is 3.82. The Balaban J connectivity index is 2.08. The SMILES string of the molecule is CC(C)(C)N1CCC(O)(C2CN(C(C)(C)C)CCC2=O)CC1. The quantitative estimate of drug-likeness (QED) is 0.807. The molecule has 22 heavy (non-hydrogen) atoms. The number of rotatable bonds is 1. The van der Waals surface area contributed by atoms with Crippen molar-refractivity contribution < 1.29 is 9.90 Å². The highest BCUT2D eigenvalue weighted by Crippen LogP contribution is 2.36. The minimum Gasteiger partial charge on any atom is -0.389 e. The van der Waals surface area contributed by atoms with Crippen molar-refractivity contribution in [1.82, 2.24) is 9.80 Å². The molecule has 0 radical (unpaired) electrons.